The molecule has 0 bridgehead atoms. The van der Waals surface area contributed by atoms with Crippen molar-refractivity contribution < 1.29 is 22.8 Å². The first-order valence-electron chi connectivity index (χ1n) is 10.5. The molecule has 0 saturated heterocycles. The number of alkyl halides is 3. The molecular formula is C25H19F3N4O3. The number of hydrogen-bond donors (Lipinski definition) is 2. The second-order valence-electron chi connectivity index (χ2n) is 7.64. The Hall–Kier alpha value is -4.47. The molecule has 0 fully saturated rings. The van der Waals surface area contributed by atoms with Gasteiger partial charge in [0.05, 0.1) is 23.2 Å². The van der Waals surface area contributed by atoms with E-state index in [1.165, 1.54) is 28.9 Å². The molecule has 0 atom stereocenters. The summed E-state index contributed by atoms with van der Waals surface area (Å²) in [6, 6.07) is 21.3. The number of rotatable bonds is 6. The van der Waals surface area contributed by atoms with Crippen molar-refractivity contribution in [3.05, 3.63) is 106 Å². The first-order valence-corrected chi connectivity index (χ1v) is 10.5. The summed E-state index contributed by atoms with van der Waals surface area (Å²) < 4.78 is 38.7. The minimum Gasteiger partial charge on any atom is -0.343 e. The highest BCUT2D eigenvalue weighted by molar-refractivity contribution is 6.13. The van der Waals surface area contributed by atoms with E-state index in [-0.39, 0.29) is 34.4 Å². The molecule has 0 spiro atoms. The van der Waals surface area contributed by atoms with E-state index < -0.39 is 24.5 Å². The van der Waals surface area contributed by atoms with Crippen molar-refractivity contribution in [3.8, 4) is 0 Å². The number of nitrogens with one attached hydrogen (secondary N) is 2. The lowest BCUT2D eigenvalue weighted by molar-refractivity contribution is -0.123. The highest BCUT2D eigenvalue weighted by atomic mass is 19.4. The third-order valence-corrected chi connectivity index (χ3v) is 5.13. The third kappa shape index (κ3) is 5.55. The molecule has 7 nitrogen and oxygen atoms in total. The Balaban J connectivity index is 1.69. The van der Waals surface area contributed by atoms with E-state index >= 15 is 0 Å². The second kappa shape index (κ2) is 9.80. The van der Waals surface area contributed by atoms with Crippen LogP contribution in [0.1, 0.15) is 26.4 Å². The molecule has 4 aromatic rings. The molecule has 4 rings (SSSR count). The minimum absolute atomic E-state index is 0.00358. The number of benzene rings is 3. The van der Waals surface area contributed by atoms with Crippen molar-refractivity contribution >= 4 is 28.3 Å². The molecule has 0 radical (unpaired) electrons. The van der Waals surface area contributed by atoms with Gasteiger partial charge in [0.2, 0.25) is 0 Å². The number of nitrogens with zero attached hydrogens (tertiary/aromatic N) is 2. The molecular weight excluding hydrogens is 461 g/mol. The molecule has 2 amide bonds. The molecule has 0 unspecified atom stereocenters. The number of para-hydroxylation sites is 1. The number of aromatic nitrogens is 2. The molecule has 178 valence electrons. The van der Waals surface area contributed by atoms with Crippen molar-refractivity contribution in [3.63, 3.8) is 0 Å². The SMILES string of the molecule is O=C(NCC(F)(F)F)c1ccccc1NC(=O)c1nn(Cc2ccccc2)c(=O)c2ccccc12. The van der Waals surface area contributed by atoms with Crippen LogP contribution in [0.5, 0.6) is 0 Å². The molecule has 0 aliphatic heterocycles. The zero-order valence-corrected chi connectivity index (χ0v) is 18.2. The quantitative estimate of drug-likeness (QED) is 0.437. The predicted octanol–water partition coefficient (Wildman–Crippen LogP) is 3.99. The van der Waals surface area contributed by atoms with E-state index in [0.29, 0.717) is 5.39 Å². The summed E-state index contributed by atoms with van der Waals surface area (Å²) in [6.45, 7) is -1.38. The highest BCUT2D eigenvalue weighted by Gasteiger charge is 2.28. The van der Waals surface area contributed by atoms with Crippen LogP contribution in [0.25, 0.3) is 10.8 Å². The van der Waals surface area contributed by atoms with Crippen LogP contribution < -0.4 is 16.2 Å². The summed E-state index contributed by atoms with van der Waals surface area (Å²) in [5.41, 5.74) is 0.209. The molecule has 0 aliphatic rings. The van der Waals surface area contributed by atoms with Gasteiger partial charge in [-0.3, -0.25) is 14.4 Å². The van der Waals surface area contributed by atoms with Gasteiger partial charge in [-0.25, -0.2) is 4.68 Å². The van der Waals surface area contributed by atoms with Crippen LogP contribution in [0, 0.1) is 0 Å². The Morgan fingerprint density at radius 3 is 2.17 bits per heavy atom. The lowest BCUT2D eigenvalue weighted by Gasteiger charge is -2.14. The van der Waals surface area contributed by atoms with Gasteiger partial charge in [0, 0.05) is 5.39 Å². The van der Waals surface area contributed by atoms with Gasteiger partial charge >= 0.3 is 6.18 Å². The van der Waals surface area contributed by atoms with Crippen LogP contribution in [-0.2, 0) is 6.54 Å². The van der Waals surface area contributed by atoms with Crippen molar-refractivity contribution in [1.82, 2.24) is 15.1 Å². The van der Waals surface area contributed by atoms with Crippen molar-refractivity contribution in [2.45, 2.75) is 12.7 Å². The Kier molecular flexibility index (Phi) is 6.63. The van der Waals surface area contributed by atoms with Gasteiger partial charge in [-0.05, 0) is 23.8 Å². The summed E-state index contributed by atoms with van der Waals surface area (Å²) in [5, 5.41) is 9.20. The second-order valence-corrected chi connectivity index (χ2v) is 7.64. The van der Waals surface area contributed by atoms with Crippen LogP contribution in [0.3, 0.4) is 0 Å². The molecule has 35 heavy (non-hydrogen) atoms. The van der Waals surface area contributed by atoms with Gasteiger partial charge in [-0.2, -0.15) is 18.3 Å². The summed E-state index contributed by atoms with van der Waals surface area (Å²) in [4.78, 5) is 38.5. The van der Waals surface area contributed by atoms with Gasteiger partial charge in [-0.15, -0.1) is 0 Å². The van der Waals surface area contributed by atoms with Crippen LogP contribution in [0.15, 0.2) is 83.7 Å². The van der Waals surface area contributed by atoms with Crippen molar-refractivity contribution in [2.24, 2.45) is 0 Å². The fourth-order valence-electron chi connectivity index (χ4n) is 3.51. The molecule has 0 aliphatic carbocycles. The largest absolute Gasteiger partial charge is 0.405 e. The van der Waals surface area contributed by atoms with E-state index in [0.717, 1.165) is 5.56 Å². The summed E-state index contributed by atoms with van der Waals surface area (Å²) in [7, 11) is 0. The van der Waals surface area contributed by atoms with Crippen molar-refractivity contribution in [2.75, 3.05) is 11.9 Å². The van der Waals surface area contributed by atoms with Gasteiger partial charge in [0.1, 0.15) is 6.54 Å². The molecule has 1 aromatic heterocycles. The fraction of sp³-hybridized carbons (Fsp3) is 0.120. The number of hydrogen-bond acceptors (Lipinski definition) is 4. The Labute approximate surface area is 197 Å². The first-order chi connectivity index (χ1) is 16.7. The maximum atomic E-state index is 13.2. The molecule has 2 N–H and O–H groups in total. The normalized spacial score (nSPS) is 11.3. The number of carbonyl (C=O) groups excluding carboxylic acids is 2. The maximum Gasteiger partial charge on any atom is 0.405 e. The van der Waals surface area contributed by atoms with Crippen LogP contribution in [0.4, 0.5) is 18.9 Å². The monoisotopic (exact) mass is 480 g/mol. The molecule has 0 saturated carbocycles. The summed E-state index contributed by atoms with van der Waals surface area (Å²) in [5.74, 6) is -1.72. The van der Waals surface area contributed by atoms with E-state index in [1.807, 2.05) is 30.3 Å². The average Bonchev–Trinajstić information content (AvgIpc) is 2.85. The standard InChI is InChI=1S/C25H19F3N4O3/c26-25(27,28)15-29-22(33)19-12-6-7-13-20(19)30-23(34)21-17-10-4-5-11-18(17)24(35)32(31-21)14-16-8-2-1-3-9-16/h1-13H,14-15H2,(H,29,33)(H,30,34). The molecule has 10 heteroatoms. The van der Waals surface area contributed by atoms with Gasteiger partial charge in [0.15, 0.2) is 5.69 Å². The molecule has 3 aromatic carbocycles. The van der Waals surface area contributed by atoms with E-state index in [4.69, 9.17) is 0 Å². The third-order valence-electron chi connectivity index (χ3n) is 5.13. The van der Waals surface area contributed by atoms with Gasteiger partial charge in [0.25, 0.3) is 17.4 Å². The number of carbonyl (C=O) groups is 2. The summed E-state index contributed by atoms with van der Waals surface area (Å²) in [6.07, 6.45) is -4.58. The molecule has 1 heterocycles. The fourth-order valence-corrected chi connectivity index (χ4v) is 3.51. The predicted molar refractivity (Wildman–Crippen MR) is 124 cm³/mol. The van der Waals surface area contributed by atoms with Gasteiger partial charge in [-0.1, -0.05) is 60.7 Å². The van der Waals surface area contributed by atoms with E-state index in [1.54, 1.807) is 29.6 Å². The van der Waals surface area contributed by atoms with Crippen molar-refractivity contribution in [1.29, 1.82) is 0 Å². The van der Waals surface area contributed by atoms with E-state index in [9.17, 15) is 27.6 Å². The Morgan fingerprint density at radius 1 is 0.829 bits per heavy atom. The zero-order chi connectivity index (χ0) is 25.0. The highest BCUT2D eigenvalue weighted by Crippen LogP contribution is 2.20. The topological polar surface area (TPSA) is 93.1 Å². The Bertz CT molecular complexity index is 1450. The first kappa shape index (κ1) is 23.7. The maximum absolute atomic E-state index is 13.2. The Morgan fingerprint density at radius 2 is 1.46 bits per heavy atom. The minimum atomic E-state index is -4.58. The van der Waals surface area contributed by atoms with Crippen LogP contribution in [-0.4, -0.2) is 34.3 Å². The zero-order valence-electron chi connectivity index (χ0n) is 18.2. The summed E-state index contributed by atoms with van der Waals surface area (Å²) >= 11 is 0. The lowest BCUT2D eigenvalue weighted by Crippen LogP contribution is -2.34. The lowest BCUT2D eigenvalue weighted by atomic mass is 10.1. The number of anilines is 1. The average molecular weight is 480 g/mol. The number of fused-ring (bicyclic) bond motifs is 1. The number of amides is 2. The van der Waals surface area contributed by atoms with Crippen LogP contribution in [0.2, 0.25) is 0 Å². The smallest absolute Gasteiger partial charge is 0.343 e. The van der Waals surface area contributed by atoms with E-state index in [2.05, 4.69) is 10.4 Å². The van der Waals surface area contributed by atoms with Crippen LogP contribution >= 0.6 is 0 Å². The van der Waals surface area contributed by atoms with Gasteiger partial charge < -0.3 is 10.6 Å². The number of halogens is 3.